The average Bonchev–Trinajstić information content (AvgIpc) is 2.67. The second kappa shape index (κ2) is 8.59. The molecular weight excluding hydrogens is 346 g/mol. The van der Waals surface area contributed by atoms with E-state index in [1.807, 2.05) is 12.1 Å². The maximum absolute atomic E-state index is 12.6. The van der Waals surface area contributed by atoms with Crippen LogP contribution in [0.5, 0.6) is 5.75 Å². The van der Waals surface area contributed by atoms with Gasteiger partial charge in [0, 0.05) is 0 Å². The number of ether oxygens (including phenoxy) is 1. The first-order valence-corrected chi connectivity index (χ1v) is 9.79. The Bertz CT molecular complexity index is 774. The first kappa shape index (κ1) is 18.8. The minimum atomic E-state index is -0.610. The van der Waals surface area contributed by atoms with E-state index in [1.165, 1.54) is 36.0 Å². The van der Waals surface area contributed by atoms with Crippen molar-refractivity contribution in [2.75, 3.05) is 0 Å². The number of hydrogen-bond acceptors (Lipinski definition) is 2. The van der Waals surface area contributed by atoms with Gasteiger partial charge in [0.2, 0.25) is 0 Å². The molecule has 0 unspecified atom stereocenters. The lowest BCUT2D eigenvalue weighted by Crippen LogP contribution is -2.38. The zero-order valence-corrected chi connectivity index (χ0v) is 16.2. The molecule has 1 N–H and O–H groups in total. The van der Waals surface area contributed by atoms with E-state index in [0.717, 1.165) is 12.8 Å². The fourth-order valence-corrected chi connectivity index (χ4v) is 3.64. The molecule has 2 atom stereocenters. The van der Waals surface area contributed by atoms with Crippen LogP contribution in [0, 0.1) is 0 Å². The lowest BCUT2D eigenvalue weighted by atomic mass is 9.89. The van der Waals surface area contributed by atoms with Gasteiger partial charge in [-0.1, -0.05) is 48.9 Å². The number of carbonyl (C=O) groups excluding carboxylic acids is 1. The molecule has 1 amide bonds. The lowest BCUT2D eigenvalue weighted by Gasteiger charge is -2.23. The molecule has 1 aliphatic carbocycles. The molecule has 0 aromatic heterocycles. The van der Waals surface area contributed by atoms with Crippen molar-refractivity contribution in [3.63, 3.8) is 0 Å². The standard InChI is InChI=1S/C22H26ClNO2/c1-3-20(18-13-12-16-8-4-5-9-17(16)14-18)24-22(25)15(2)26-21-11-7-6-10-19(21)23/h6-7,10-15,20H,3-5,8-9H2,1-2H3,(H,24,25)/t15-,20-/m0/s1. The summed E-state index contributed by atoms with van der Waals surface area (Å²) in [6.45, 7) is 3.84. The summed E-state index contributed by atoms with van der Waals surface area (Å²) in [5.41, 5.74) is 4.06. The Labute approximate surface area is 160 Å². The van der Waals surface area contributed by atoms with Crippen molar-refractivity contribution in [2.24, 2.45) is 0 Å². The minimum Gasteiger partial charge on any atom is -0.479 e. The molecule has 2 aromatic carbocycles. The van der Waals surface area contributed by atoms with Crippen LogP contribution in [0.4, 0.5) is 0 Å². The Kier molecular flexibility index (Phi) is 6.20. The maximum atomic E-state index is 12.6. The van der Waals surface area contributed by atoms with Gasteiger partial charge in [0.25, 0.3) is 5.91 Å². The second-order valence-corrected chi connectivity index (χ2v) is 7.30. The molecule has 3 nitrogen and oxygen atoms in total. The number of hydrogen-bond donors (Lipinski definition) is 1. The van der Waals surface area contributed by atoms with Gasteiger partial charge in [-0.2, -0.15) is 0 Å². The molecule has 0 bridgehead atoms. The van der Waals surface area contributed by atoms with Gasteiger partial charge in [0.05, 0.1) is 11.1 Å². The number of para-hydroxylation sites is 1. The van der Waals surface area contributed by atoms with Crippen LogP contribution in [0.2, 0.25) is 5.02 Å². The molecule has 0 aliphatic heterocycles. The monoisotopic (exact) mass is 371 g/mol. The Hall–Kier alpha value is -2.00. The zero-order valence-electron chi connectivity index (χ0n) is 15.4. The first-order valence-electron chi connectivity index (χ1n) is 9.41. The van der Waals surface area contributed by atoms with Gasteiger partial charge >= 0.3 is 0 Å². The van der Waals surface area contributed by atoms with E-state index >= 15 is 0 Å². The van der Waals surface area contributed by atoms with Gasteiger partial charge in [-0.15, -0.1) is 0 Å². The topological polar surface area (TPSA) is 38.3 Å². The molecule has 3 rings (SSSR count). The first-order chi connectivity index (χ1) is 12.6. The van der Waals surface area contributed by atoms with E-state index in [1.54, 1.807) is 19.1 Å². The second-order valence-electron chi connectivity index (χ2n) is 6.90. The third kappa shape index (κ3) is 4.39. The van der Waals surface area contributed by atoms with E-state index in [4.69, 9.17) is 16.3 Å². The quantitative estimate of drug-likeness (QED) is 0.752. The van der Waals surface area contributed by atoms with Crippen LogP contribution in [0.15, 0.2) is 42.5 Å². The van der Waals surface area contributed by atoms with E-state index in [-0.39, 0.29) is 11.9 Å². The fourth-order valence-electron chi connectivity index (χ4n) is 3.46. The van der Waals surface area contributed by atoms with Crippen molar-refractivity contribution in [1.29, 1.82) is 0 Å². The fraction of sp³-hybridized carbons (Fsp3) is 0.409. The van der Waals surface area contributed by atoms with E-state index < -0.39 is 6.10 Å². The average molecular weight is 372 g/mol. The number of amides is 1. The molecule has 0 heterocycles. The van der Waals surface area contributed by atoms with Crippen molar-refractivity contribution in [3.8, 4) is 5.75 Å². The van der Waals surface area contributed by atoms with Gasteiger partial charge in [0.15, 0.2) is 6.10 Å². The summed E-state index contributed by atoms with van der Waals surface area (Å²) in [6.07, 6.45) is 5.06. The van der Waals surface area contributed by atoms with E-state index in [0.29, 0.717) is 10.8 Å². The summed E-state index contributed by atoms with van der Waals surface area (Å²) >= 11 is 6.11. The van der Waals surface area contributed by atoms with Crippen LogP contribution in [-0.2, 0) is 17.6 Å². The summed E-state index contributed by atoms with van der Waals surface area (Å²) in [4.78, 5) is 12.6. The highest BCUT2D eigenvalue weighted by molar-refractivity contribution is 6.32. The predicted molar refractivity (Wildman–Crippen MR) is 106 cm³/mol. The number of rotatable bonds is 6. The van der Waals surface area contributed by atoms with Gasteiger partial charge in [-0.3, -0.25) is 4.79 Å². The van der Waals surface area contributed by atoms with Crippen LogP contribution >= 0.6 is 11.6 Å². The number of carbonyl (C=O) groups is 1. The smallest absolute Gasteiger partial charge is 0.261 e. The van der Waals surface area contributed by atoms with Crippen molar-refractivity contribution in [3.05, 3.63) is 64.2 Å². The van der Waals surface area contributed by atoms with Crippen LogP contribution in [0.1, 0.15) is 55.8 Å². The molecule has 4 heteroatoms. The highest BCUT2D eigenvalue weighted by Gasteiger charge is 2.21. The number of nitrogens with one attached hydrogen (secondary N) is 1. The number of halogens is 1. The molecule has 0 radical (unpaired) electrons. The van der Waals surface area contributed by atoms with Gasteiger partial charge in [-0.05, 0) is 67.9 Å². The number of benzene rings is 2. The van der Waals surface area contributed by atoms with Crippen molar-refractivity contribution < 1.29 is 9.53 Å². The Morgan fingerprint density at radius 2 is 1.88 bits per heavy atom. The molecule has 26 heavy (non-hydrogen) atoms. The highest BCUT2D eigenvalue weighted by atomic mass is 35.5. The largest absolute Gasteiger partial charge is 0.479 e. The van der Waals surface area contributed by atoms with Gasteiger partial charge in [-0.25, -0.2) is 0 Å². The van der Waals surface area contributed by atoms with Gasteiger partial charge < -0.3 is 10.1 Å². The van der Waals surface area contributed by atoms with Gasteiger partial charge in [0.1, 0.15) is 5.75 Å². The molecule has 0 spiro atoms. The van der Waals surface area contributed by atoms with Crippen LogP contribution in [0.25, 0.3) is 0 Å². The van der Waals surface area contributed by atoms with Crippen molar-refractivity contribution in [1.82, 2.24) is 5.32 Å². The number of fused-ring (bicyclic) bond motifs is 1. The Morgan fingerprint density at radius 3 is 2.62 bits per heavy atom. The molecular formula is C22H26ClNO2. The van der Waals surface area contributed by atoms with Crippen molar-refractivity contribution in [2.45, 2.75) is 58.1 Å². The number of aryl methyl sites for hydroxylation is 2. The normalized spacial score (nSPS) is 15.7. The molecule has 2 aromatic rings. The van der Waals surface area contributed by atoms with Crippen LogP contribution in [-0.4, -0.2) is 12.0 Å². The summed E-state index contributed by atoms with van der Waals surface area (Å²) in [5, 5.41) is 3.63. The molecule has 138 valence electrons. The molecule has 0 fully saturated rings. The molecule has 0 saturated carbocycles. The van der Waals surface area contributed by atoms with E-state index in [9.17, 15) is 4.79 Å². The van der Waals surface area contributed by atoms with Crippen LogP contribution in [0.3, 0.4) is 0 Å². The van der Waals surface area contributed by atoms with E-state index in [2.05, 4.69) is 30.4 Å². The molecule has 0 saturated heterocycles. The third-order valence-electron chi connectivity index (χ3n) is 5.01. The SMILES string of the molecule is CC[C@H](NC(=O)[C@H](C)Oc1ccccc1Cl)c1ccc2c(c1)CCCC2. The summed E-state index contributed by atoms with van der Waals surface area (Å²) < 4.78 is 5.73. The van der Waals surface area contributed by atoms with Crippen LogP contribution < -0.4 is 10.1 Å². The van der Waals surface area contributed by atoms with Crippen molar-refractivity contribution >= 4 is 17.5 Å². The predicted octanol–water partition coefficient (Wildman–Crippen LogP) is 5.25. The summed E-state index contributed by atoms with van der Waals surface area (Å²) in [5.74, 6) is 0.396. The minimum absolute atomic E-state index is 0.00739. The Balaban J connectivity index is 1.67. The maximum Gasteiger partial charge on any atom is 0.261 e. The lowest BCUT2D eigenvalue weighted by molar-refractivity contribution is -0.128. The zero-order chi connectivity index (χ0) is 18.5. The third-order valence-corrected chi connectivity index (χ3v) is 5.32. The summed E-state index contributed by atoms with van der Waals surface area (Å²) in [7, 11) is 0. The Morgan fingerprint density at radius 1 is 1.15 bits per heavy atom. The molecule has 1 aliphatic rings. The summed E-state index contributed by atoms with van der Waals surface area (Å²) in [6, 6.07) is 13.8. The highest BCUT2D eigenvalue weighted by Crippen LogP contribution is 2.27.